The molecule has 0 aromatic carbocycles. The molecule has 0 amide bonds. The lowest BCUT2D eigenvalue weighted by atomic mass is 9.68. The van der Waals surface area contributed by atoms with E-state index < -0.39 is 0 Å². The average molecular weight is 168 g/mol. The van der Waals surface area contributed by atoms with E-state index in [0.717, 1.165) is 6.42 Å². The minimum Gasteiger partial charge on any atom is -0.393 e. The largest absolute Gasteiger partial charge is 0.393 e. The molecule has 1 unspecified atom stereocenters. The molecule has 1 saturated heterocycles. The molecule has 2 saturated carbocycles. The summed E-state index contributed by atoms with van der Waals surface area (Å²) in [6.07, 6.45) is 5.53. The maximum atomic E-state index is 9.86. The lowest BCUT2D eigenvalue weighted by Crippen LogP contribution is -2.38. The molecule has 0 spiro atoms. The molecular formula is C10H16O2. The monoisotopic (exact) mass is 168 g/mol. The second-order valence-corrected chi connectivity index (χ2v) is 4.88. The zero-order valence-corrected chi connectivity index (χ0v) is 7.49. The molecule has 5 atom stereocenters. The molecule has 3 fully saturated rings. The van der Waals surface area contributed by atoms with Crippen LogP contribution in [0.1, 0.15) is 32.6 Å². The van der Waals surface area contributed by atoms with E-state index in [1.807, 2.05) is 0 Å². The molecule has 0 aromatic heterocycles. The van der Waals surface area contributed by atoms with Crippen LogP contribution in [0.4, 0.5) is 0 Å². The third-order valence-electron chi connectivity index (χ3n) is 4.35. The third kappa shape index (κ3) is 0.728. The van der Waals surface area contributed by atoms with Gasteiger partial charge < -0.3 is 9.84 Å². The number of aliphatic hydroxyl groups excluding tert-OH is 1. The van der Waals surface area contributed by atoms with Crippen molar-refractivity contribution in [1.82, 2.24) is 0 Å². The number of ether oxygens (including phenoxy) is 1. The zero-order chi connectivity index (χ0) is 8.34. The Morgan fingerprint density at radius 3 is 3.00 bits per heavy atom. The van der Waals surface area contributed by atoms with Gasteiger partial charge in [0.05, 0.1) is 18.3 Å². The highest BCUT2D eigenvalue weighted by atomic mass is 16.6. The Balaban J connectivity index is 1.91. The average Bonchev–Trinajstić information content (AvgIpc) is 2.76. The summed E-state index contributed by atoms with van der Waals surface area (Å²) in [6, 6.07) is 0. The summed E-state index contributed by atoms with van der Waals surface area (Å²) in [5, 5.41) is 9.86. The quantitative estimate of drug-likeness (QED) is 0.553. The zero-order valence-electron chi connectivity index (χ0n) is 7.49. The van der Waals surface area contributed by atoms with E-state index in [0.29, 0.717) is 18.1 Å². The molecule has 1 aliphatic heterocycles. The van der Waals surface area contributed by atoms with Crippen LogP contribution < -0.4 is 0 Å². The van der Waals surface area contributed by atoms with Gasteiger partial charge in [0.1, 0.15) is 0 Å². The van der Waals surface area contributed by atoms with Crippen molar-refractivity contribution in [1.29, 1.82) is 0 Å². The molecule has 0 bridgehead atoms. The summed E-state index contributed by atoms with van der Waals surface area (Å²) in [4.78, 5) is 0. The lowest BCUT2D eigenvalue weighted by molar-refractivity contribution is 0.0197. The van der Waals surface area contributed by atoms with Crippen LogP contribution in [0.2, 0.25) is 0 Å². The van der Waals surface area contributed by atoms with Crippen LogP contribution in [0.15, 0.2) is 0 Å². The lowest BCUT2D eigenvalue weighted by Gasteiger charge is -2.36. The first-order valence-corrected chi connectivity index (χ1v) is 5.05. The molecule has 0 aromatic rings. The van der Waals surface area contributed by atoms with Crippen LogP contribution in [-0.4, -0.2) is 23.4 Å². The molecule has 3 aliphatic rings. The molecule has 3 rings (SSSR count). The molecule has 2 nitrogen and oxygen atoms in total. The summed E-state index contributed by atoms with van der Waals surface area (Å²) in [7, 11) is 0. The standard InChI is InChI=1S/C10H16O2/c1-10-5-4-7-9(12-7)6(10)2-3-8(10)11/h6-9,11H,2-5H2,1H3/t6-,7-,8-,9?,10-/m0/s1. The minimum atomic E-state index is -0.0624. The molecule has 68 valence electrons. The van der Waals surface area contributed by atoms with Crippen LogP contribution in [0.25, 0.3) is 0 Å². The van der Waals surface area contributed by atoms with Gasteiger partial charge in [0.25, 0.3) is 0 Å². The molecule has 1 heterocycles. The topological polar surface area (TPSA) is 32.8 Å². The number of aliphatic hydroxyl groups is 1. The van der Waals surface area contributed by atoms with Crippen molar-refractivity contribution in [2.75, 3.05) is 0 Å². The van der Waals surface area contributed by atoms with Gasteiger partial charge in [-0.3, -0.25) is 0 Å². The van der Waals surface area contributed by atoms with Crippen molar-refractivity contribution >= 4 is 0 Å². The normalized spacial score (nSPS) is 62.5. The fourth-order valence-corrected chi connectivity index (χ4v) is 3.33. The van der Waals surface area contributed by atoms with E-state index in [9.17, 15) is 5.11 Å². The Bertz CT molecular complexity index is 216. The van der Waals surface area contributed by atoms with Crippen molar-refractivity contribution in [3.8, 4) is 0 Å². The van der Waals surface area contributed by atoms with E-state index in [2.05, 4.69) is 6.92 Å². The maximum absolute atomic E-state index is 9.86. The number of hydrogen-bond acceptors (Lipinski definition) is 2. The SMILES string of the molecule is C[C@]12CC[C@@H]3OC3[C@@H]1CC[C@@H]2O. The fraction of sp³-hybridized carbons (Fsp3) is 1.00. The van der Waals surface area contributed by atoms with Gasteiger partial charge in [0.15, 0.2) is 0 Å². The molecule has 0 radical (unpaired) electrons. The third-order valence-corrected chi connectivity index (χ3v) is 4.35. The highest BCUT2D eigenvalue weighted by molar-refractivity contribution is 5.09. The van der Waals surface area contributed by atoms with Gasteiger partial charge in [-0.15, -0.1) is 0 Å². The predicted octanol–water partition coefficient (Wildman–Crippen LogP) is 1.32. The van der Waals surface area contributed by atoms with Crippen molar-refractivity contribution in [2.24, 2.45) is 11.3 Å². The van der Waals surface area contributed by atoms with E-state index in [1.54, 1.807) is 0 Å². The Labute approximate surface area is 72.9 Å². The summed E-state index contributed by atoms with van der Waals surface area (Å²) in [5.74, 6) is 0.659. The van der Waals surface area contributed by atoms with Gasteiger partial charge in [-0.1, -0.05) is 6.92 Å². The van der Waals surface area contributed by atoms with E-state index in [-0.39, 0.29) is 11.5 Å². The van der Waals surface area contributed by atoms with Gasteiger partial charge >= 0.3 is 0 Å². The number of epoxide rings is 1. The van der Waals surface area contributed by atoms with Crippen molar-refractivity contribution in [3.63, 3.8) is 0 Å². The van der Waals surface area contributed by atoms with Crippen molar-refractivity contribution in [2.45, 2.75) is 50.9 Å². The first-order chi connectivity index (χ1) is 5.72. The van der Waals surface area contributed by atoms with Crippen molar-refractivity contribution in [3.05, 3.63) is 0 Å². The summed E-state index contributed by atoms with van der Waals surface area (Å²) in [5.41, 5.74) is 0.192. The Morgan fingerprint density at radius 2 is 2.17 bits per heavy atom. The molecule has 1 N–H and O–H groups in total. The van der Waals surface area contributed by atoms with Gasteiger partial charge in [-0.05, 0) is 37.0 Å². The van der Waals surface area contributed by atoms with Gasteiger partial charge in [0.2, 0.25) is 0 Å². The van der Waals surface area contributed by atoms with Crippen molar-refractivity contribution < 1.29 is 9.84 Å². The van der Waals surface area contributed by atoms with Gasteiger partial charge in [0, 0.05) is 0 Å². The highest BCUT2D eigenvalue weighted by Gasteiger charge is 2.60. The summed E-state index contributed by atoms with van der Waals surface area (Å²) < 4.78 is 5.59. The molecular weight excluding hydrogens is 152 g/mol. The summed E-state index contributed by atoms with van der Waals surface area (Å²) >= 11 is 0. The van der Waals surface area contributed by atoms with E-state index >= 15 is 0 Å². The number of rotatable bonds is 0. The first kappa shape index (κ1) is 7.34. The molecule has 12 heavy (non-hydrogen) atoms. The molecule has 2 heteroatoms. The van der Waals surface area contributed by atoms with Gasteiger partial charge in [-0.25, -0.2) is 0 Å². The Kier molecular flexibility index (Phi) is 1.25. The predicted molar refractivity (Wildman–Crippen MR) is 44.7 cm³/mol. The summed E-state index contributed by atoms with van der Waals surface area (Å²) in [6.45, 7) is 2.24. The van der Waals surface area contributed by atoms with Crippen LogP contribution >= 0.6 is 0 Å². The highest BCUT2D eigenvalue weighted by Crippen LogP contribution is 2.58. The Morgan fingerprint density at radius 1 is 1.33 bits per heavy atom. The fourth-order valence-electron chi connectivity index (χ4n) is 3.33. The van der Waals surface area contributed by atoms with E-state index in [4.69, 9.17) is 4.74 Å². The first-order valence-electron chi connectivity index (χ1n) is 5.05. The second kappa shape index (κ2) is 2.05. The second-order valence-electron chi connectivity index (χ2n) is 4.88. The van der Waals surface area contributed by atoms with Gasteiger partial charge in [-0.2, -0.15) is 0 Å². The molecule has 2 aliphatic carbocycles. The van der Waals surface area contributed by atoms with Crippen LogP contribution in [0.5, 0.6) is 0 Å². The van der Waals surface area contributed by atoms with Crippen LogP contribution in [0.3, 0.4) is 0 Å². The van der Waals surface area contributed by atoms with Crippen LogP contribution in [0, 0.1) is 11.3 Å². The van der Waals surface area contributed by atoms with E-state index in [1.165, 1.54) is 19.3 Å². The minimum absolute atomic E-state index is 0.0624. The number of fused-ring (bicyclic) bond motifs is 3. The van der Waals surface area contributed by atoms with Crippen LogP contribution in [-0.2, 0) is 4.74 Å². The maximum Gasteiger partial charge on any atom is 0.0876 e. The Hall–Kier alpha value is -0.0800. The number of hydrogen-bond donors (Lipinski definition) is 1. The smallest absolute Gasteiger partial charge is 0.0876 e.